The second kappa shape index (κ2) is 21.1. The molecule has 0 atom stereocenters. The average Bonchev–Trinajstić information content (AvgIpc) is 3.01. The standard InChI is InChI=1S/C29H38O14/c1-6-13-37-14-28(17-39-23(32)7-2,18-40-24(33)8-3)15-38-16-29(19-41-25(34)9-4,20-42-26(35)10-5)21-43-27(36)12-11-22(30)31/h6-10,13H,2-5,11-12,14-21H2,1H3,(H,30,31). The van der Waals surface area contributed by atoms with E-state index in [4.69, 9.17) is 38.3 Å². The first-order valence-electron chi connectivity index (χ1n) is 12.7. The zero-order valence-corrected chi connectivity index (χ0v) is 24.1. The highest BCUT2D eigenvalue weighted by Crippen LogP contribution is 2.26. The second-order valence-electron chi connectivity index (χ2n) is 9.07. The van der Waals surface area contributed by atoms with Gasteiger partial charge in [0.1, 0.15) is 39.6 Å². The van der Waals surface area contributed by atoms with Crippen LogP contribution in [0, 0.1) is 10.8 Å². The third-order valence-corrected chi connectivity index (χ3v) is 5.27. The molecular weight excluding hydrogens is 572 g/mol. The minimum absolute atomic E-state index is 0.180. The third-order valence-electron chi connectivity index (χ3n) is 5.27. The summed E-state index contributed by atoms with van der Waals surface area (Å²) in [7, 11) is 0. The molecule has 14 heteroatoms. The molecule has 0 amide bonds. The van der Waals surface area contributed by atoms with Gasteiger partial charge in [0, 0.05) is 24.3 Å². The number of carbonyl (C=O) groups excluding carboxylic acids is 5. The van der Waals surface area contributed by atoms with Crippen LogP contribution in [0.2, 0.25) is 0 Å². The van der Waals surface area contributed by atoms with E-state index in [0.29, 0.717) is 0 Å². The molecule has 43 heavy (non-hydrogen) atoms. The number of esters is 5. The third kappa shape index (κ3) is 17.0. The van der Waals surface area contributed by atoms with Gasteiger partial charge in [0.05, 0.1) is 43.1 Å². The largest absolute Gasteiger partial charge is 0.501 e. The Morgan fingerprint density at radius 1 is 0.581 bits per heavy atom. The summed E-state index contributed by atoms with van der Waals surface area (Å²) in [5.41, 5.74) is -2.84. The van der Waals surface area contributed by atoms with Gasteiger partial charge in [0.25, 0.3) is 0 Å². The van der Waals surface area contributed by atoms with Crippen molar-refractivity contribution < 1.29 is 67.0 Å². The van der Waals surface area contributed by atoms with Crippen molar-refractivity contribution in [2.45, 2.75) is 19.8 Å². The molecule has 0 bridgehead atoms. The van der Waals surface area contributed by atoms with E-state index in [-0.39, 0.29) is 26.4 Å². The van der Waals surface area contributed by atoms with Crippen LogP contribution in [0.1, 0.15) is 19.8 Å². The Hall–Kier alpha value is -4.72. The number of aliphatic carboxylic acids is 1. The van der Waals surface area contributed by atoms with Crippen LogP contribution in [0.25, 0.3) is 0 Å². The minimum Gasteiger partial charge on any atom is -0.501 e. The monoisotopic (exact) mass is 610 g/mol. The van der Waals surface area contributed by atoms with E-state index >= 15 is 0 Å². The van der Waals surface area contributed by atoms with Crippen molar-refractivity contribution in [1.82, 2.24) is 0 Å². The van der Waals surface area contributed by atoms with Gasteiger partial charge in [-0.2, -0.15) is 0 Å². The van der Waals surface area contributed by atoms with Crippen molar-refractivity contribution >= 4 is 35.8 Å². The Labute approximate surface area is 249 Å². The molecule has 0 heterocycles. The molecule has 0 aromatic carbocycles. The first kappa shape index (κ1) is 38.3. The van der Waals surface area contributed by atoms with Crippen molar-refractivity contribution in [3.8, 4) is 0 Å². The summed E-state index contributed by atoms with van der Waals surface area (Å²) in [4.78, 5) is 70.5. The van der Waals surface area contributed by atoms with Gasteiger partial charge in [-0.15, -0.1) is 0 Å². The van der Waals surface area contributed by atoms with E-state index < -0.39 is 85.9 Å². The van der Waals surface area contributed by atoms with Crippen molar-refractivity contribution in [2.75, 3.05) is 52.9 Å². The van der Waals surface area contributed by atoms with Gasteiger partial charge in [0.15, 0.2) is 0 Å². The lowest BCUT2D eigenvalue weighted by Crippen LogP contribution is -2.46. The predicted octanol–water partition coefficient (Wildman–Crippen LogP) is 1.85. The molecule has 0 aromatic rings. The van der Waals surface area contributed by atoms with E-state index in [1.807, 2.05) is 0 Å². The van der Waals surface area contributed by atoms with Crippen molar-refractivity contribution in [3.63, 3.8) is 0 Å². The summed E-state index contributed by atoms with van der Waals surface area (Å²) in [5, 5.41) is 8.84. The number of rotatable bonds is 24. The smallest absolute Gasteiger partial charge is 0.330 e. The lowest BCUT2D eigenvalue weighted by molar-refractivity contribution is -0.169. The van der Waals surface area contributed by atoms with E-state index in [1.165, 1.54) is 6.26 Å². The van der Waals surface area contributed by atoms with Gasteiger partial charge >= 0.3 is 35.8 Å². The lowest BCUT2D eigenvalue weighted by atomic mass is 9.90. The zero-order valence-electron chi connectivity index (χ0n) is 24.1. The molecular formula is C29H38O14. The number of carbonyl (C=O) groups is 6. The SMILES string of the molecule is C=CC(=O)OCC(COC=CC)(COCC(COC(=O)C=C)(COC(=O)C=C)COC(=O)CCC(=O)O)COC(=O)C=C. The first-order valence-corrected chi connectivity index (χ1v) is 12.7. The zero-order chi connectivity index (χ0) is 32.7. The Morgan fingerprint density at radius 3 is 1.30 bits per heavy atom. The first-order chi connectivity index (χ1) is 20.4. The number of carboxylic acids is 1. The van der Waals surface area contributed by atoms with Gasteiger partial charge in [-0.25, -0.2) is 19.2 Å². The molecule has 0 fully saturated rings. The summed E-state index contributed by atoms with van der Waals surface area (Å²) in [6.45, 7) is 11.8. The highest BCUT2D eigenvalue weighted by molar-refractivity contribution is 5.82. The summed E-state index contributed by atoms with van der Waals surface area (Å²) in [5.74, 6) is -5.37. The Bertz CT molecular complexity index is 994. The Morgan fingerprint density at radius 2 is 0.953 bits per heavy atom. The van der Waals surface area contributed by atoms with Crippen molar-refractivity contribution in [1.29, 1.82) is 0 Å². The molecule has 0 saturated carbocycles. The van der Waals surface area contributed by atoms with Crippen molar-refractivity contribution in [2.24, 2.45) is 10.8 Å². The fourth-order valence-electron chi connectivity index (χ4n) is 2.95. The summed E-state index contributed by atoms with van der Waals surface area (Å²) >= 11 is 0. The van der Waals surface area contributed by atoms with Crippen LogP contribution in [0.3, 0.4) is 0 Å². The van der Waals surface area contributed by atoms with E-state index in [1.54, 1.807) is 13.0 Å². The molecule has 0 rings (SSSR count). The molecule has 0 aliphatic carbocycles. The second-order valence-corrected chi connectivity index (χ2v) is 9.07. The van der Waals surface area contributed by atoms with E-state index in [0.717, 1.165) is 24.3 Å². The molecule has 0 radical (unpaired) electrons. The number of hydrogen-bond donors (Lipinski definition) is 1. The molecule has 14 nitrogen and oxygen atoms in total. The fourth-order valence-corrected chi connectivity index (χ4v) is 2.95. The molecule has 0 aliphatic heterocycles. The van der Waals surface area contributed by atoms with Crippen molar-refractivity contribution in [3.05, 3.63) is 63.0 Å². The number of allylic oxidation sites excluding steroid dienone is 1. The van der Waals surface area contributed by atoms with E-state index in [9.17, 15) is 28.8 Å². The highest BCUT2D eigenvalue weighted by Gasteiger charge is 2.40. The van der Waals surface area contributed by atoms with E-state index in [2.05, 4.69) is 26.3 Å². The predicted molar refractivity (Wildman–Crippen MR) is 149 cm³/mol. The number of hydrogen-bond acceptors (Lipinski definition) is 13. The molecule has 0 spiro atoms. The molecule has 0 unspecified atom stereocenters. The van der Waals surface area contributed by atoms with Crippen LogP contribution in [0.15, 0.2) is 63.0 Å². The van der Waals surface area contributed by atoms with Gasteiger partial charge in [0.2, 0.25) is 0 Å². The van der Waals surface area contributed by atoms with Crippen LogP contribution >= 0.6 is 0 Å². The van der Waals surface area contributed by atoms with Gasteiger partial charge in [-0.3, -0.25) is 9.59 Å². The quantitative estimate of drug-likeness (QED) is 0.0722. The van der Waals surface area contributed by atoms with Crippen LogP contribution in [0.4, 0.5) is 0 Å². The summed E-state index contributed by atoms with van der Waals surface area (Å²) in [6, 6.07) is 0. The molecule has 0 saturated heterocycles. The van der Waals surface area contributed by atoms with Crippen LogP contribution < -0.4 is 0 Å². The fraction of sp³-hybridized carbons (Fsp3) is 0.448. The Balaban J connectivity index is 6.28. The maximum absolute atomic E-state index is 12.2. The molecule has 1 N–H and O–H groups in total. The maximum Gasteiger partial charge on any atom is 0.330 e. The maximum atomic E-state index is 12.2. The summed E-state index contributed by atoms with van der Waals surface area (Å²) in [6.07, 6.45) is 5.60. The molecule has 0 aliphatic rings. The van der Waals surface area contributed by atoms with Crippen LogP contribution in [-0.4, -0.2) is 93.8 Å². The van der Waals surface area contributed by atoms with Crippen LogP contribution in [-0.2, 0) is 61.9 Å². The number of ether oxygens (including phenoxy) is 7. The van der Waals surface area contributed by atoms with Gasteiger partial charge in [-0.1, -0.05) is 32.4 Å². The minimum atomic E-state index is -1.53. The average molecular weight is 611 g/mol. The topological polar surface area (TPSA) is 187 Å². The van der Waals surface area contributed by atoms with Gasteiger partial charge < -0.3 is 38.3 Å². The van der Waals surface area contributed by atoms with Gasteiger partial charge in [-0.05, 0) is 6.92 Å². The summed E-state index contributed by atoms with van der Waals surface area (Å²) < 4.78 is 37.4. The normalized spacial score (nSPS) is 11.0. The highest BCUT2D eigenvalue weighted by atomic mass is 16.6. The lowest BCUT2D eigenvalue weighted by Gasteiger charge is -2.35. The molecule has 0 aromatic heterocycles. The Kier molecular flexibility index (Phi) is 18.7. The van der Waals surface area contributed by atoms with Crippen LogP contribution in [0.5, 0.6) is 0 Å². The number of carboxylic acid groups (broad SMARTS) is 1. The molecule has 238 valence electrons.